The Hall–Kier alpha value is -1.35. The minimum atomic E-state index is -3.19. The van der Waals surface area contributed by atoms with Crippen molar-refractivity contribution in [3.8, 4) is 0 Å². The summed E-state index contributed by atoms with van der Waals surface area (Å²) in [7, 11) is 0.278. The van der Waals surface area contributed by atoms with Crippen LogP contribution in [-0.4, -0.2) is 98.0 Å². The predicted molar refractivity (Wildman–Crippen MR) is 105 cm³/mol. The van der Waals surface area contributed by atoms with Crippen molar-refractivity contribution in [2.75, 3.05) is 53.4 Å². The summed E-state index contributed by atoms with van der Waals surface area (Å²) in [5.74, 6) is 0.155. The highest BCUT2D eigenvalue weighted by Crippen LogP contribution is 2.58. The molecule has 0 N–H and O–H groups in total. The molecule has 1 atom stereocenters. The summed E-state index contributed by atoms with van der Waals surface area (Å²) in [5.41, 5.74) is -0.890. The summed E-state index contributed by atoms with van der Waals surface area (Å²) in [6, 6.07) is -0.0629. The van der Waals surface area contributed by atoms with Crippen LogP contribution in [0.25, 0.3) is 0 Å². The van der Waals surface area contributed by atoms with Gasteiger partial charge in [-0.1, -0.05) is 0 Å². The summed E-state index contributed by atoms with van der Waals surface area (Å²) in [5, 5.41) is -0.199. The molecular weight excluding hydrogens is 380 g/mol. The van der Waals surface area contributed by atoms with Gasteiger partial charge in [0, 0.05) is 58.8 Å². The van der Waals surface area contributed by atoms with E-state index >= 15 is 0 Å². The normalized spacial score (nSPS) is 30.6. The lowest BCUT2D eigenvalue weighted by molar-refractivity contribution is -0.141. The number of fused-ring (bicyclic) bond motifs is 1. The molecule has 1 aliphatic carbocycles. The highest BCUT2D eigenvalue weighted by Gasteiger charge is 2.66. The average molecular weight is 413 g/mol. The standard InChI is InChI=1S/C19H32N4O4S/c1-4-21-10-9-19(16(21)24)14-22(17(25)20(2)3)13-18(19)7-11-23(12-8-18)28(26,27)15-5-6-15/h15H,4-14H2,1-3H3/t19-/m0/s1. The Labute approximate surface area is 167 Å². The third kappa shape index (κ3) is 2.76. The molecule has 28 heavy (non-hydrogen) atoms. The zero-order valence-corrected chi connectivity index (χ0v) is 18.0. The van der Waals surface area contributed by atoms with Gasteiger partial charge in [-0.15, -0.1) is 0 Å². The first-order valence-corrected chi connectivity index (χ1v) is 11.9. The molecule has 0 unspecified atom stereocenters. The van der Waals surface area contributed by atoms with Crippen LogP contribution in [0.5, 0.6) is 0 Å². The van der Waals surface area contributed by atoms with Crippen molar-refractivity contribution >= 4 is 22.0 Å². The Morgan fingerprint density at radius 1 is 1.11 bits per heavy atom. The minimum absolute atomic E-state index is 0.0629. The minimum Gasteiger partial charge on any atom is -0.342 e. The Morgan fingerprint density at radius 2 is 1.75 bits per heavy atom. The van der Waals surface area contributed by atoms with Gasteiger partial charge in [0.05, 0.1) is 10.7 Å². The topological polar surface area (TPSA) is 81.2 Å². The van der Waals surface area contributed by atoms with Gasteiger partial charge in [0.1, 0.15) is 0 Å². The molecule has 2 spiro atoms. The number of carbonyl (C=O) groups is 2. The molecule has 4 rings (SSSR count). The van der Waals surface area contributed by atoms with Gasteiger partial charge in [-0.05, 0) is 39.0 Å². The number of hydrogen-bond acceptors (Lipinski definition) is 4. The van der Waals surface area contributed by atoms with Crippen molar-refractivity contribution in [3.05, 3.63) is 0 Å². The van der Waals surface area contributed by atoms with Crippen molar-refractivity contribution in [2.24, 2.45) is 10.8 Å². The molecule has 0 aromatic rings. The van der Waals surface area contributed by atoms with E-state index in [-0.39, 0.29) is 22.6 Å². The number of sulfonamides is 1. The molecule has 3 heterocycles. The van der Waals surface area contributed by atoms with Gasteiger partial charge in [-0.3, -0.25) is 4.79 Å². The van der Waals surface area contributed by atoms with Crippen LogP contribution in [0.3, 0.4) is 0 Å². The van der Waals surface area contributed by atoms with Crippen LogP contribution < -0.4 is 0 Å². The van der Waals surface area contributed by atoms with E-state index in [0.717, 1.165) is 25.8 Å². The quantitative estimate of drug-likeness (QED) is 0.687. The predicted octanol–water partition coefficient (Wildman–Crippen LogP) is 0.797. The Morgan fingerprint density at radius 3 is 2.25 bits per heavy atom. The molecule has 158 valence electrons. The number of urea groups is 1. The lowest BCUT2D eigenvalue weighted by atomic mass is 9.60. The van der Waals surface area contributed by atoms with E-state index in [1.54, 1.807) is 23.3 Å². The third-order valence-electron chi connectivity index (χ3n) is 7.49. The van der Waals surface area contributed by atoms with Gasteiger partial charge in [-0.2, -0.15) is 0 Å². The zero-order valence-electron chi connectivity index (χ0n) is 17.2. The third-order valence-corrected chi connectivity index (χ3v) is 9.89. The van der Waals surface area contributed by atoms with Crippen molar-refractivity contribution in [3.63, 3.8) is 0 Å². The number of piperidine rings is 1. The van der Waals surface area contributed by atoms with Crippen LogP contribution in [-0.2, 0) is 14.8 Å². The smallest absolute Gasteiger partial charge is 0.319 e. The SMILES string of the molecule is CCN1CC[C@]2(CN(C(=O)N(C)C)CC23CCN(S(=O)(=O)C2CC2)CC3)C1=O. The summed E-state index contributed by atoms with van der Waals surface area (Å²) in [4.78, 5) is 31.4. The molecule has 8 nitrogen and oxygen atoms in total. The molecule has 4 aliphatic rings. The molecule has 9 heteroatoms. The molecule has 3 saturated heterocycles. The zero-order chi connectivity index (χ0) is 20.3. The lowest BCUT2D eigenvalue weighted by Crippen LogP contribution is -2.54. The van der Waals surface area contributed by atoms with E-state index in [2.05, 4.69) is 0 Å². The van der Waals surface area contributed by atoms with E-state index in [0.29, 0.717) is 45.6 Å². The fourth-order valence-corrected chi connectivity index (χ4v) is 7.49. The first kappa shape index (κ1) is 19.9. The molecule has 0 bridgehead atoms. The van der Waals surface area contributed by atoms with Gasteiger partial charge in [-0.25, -0.2) is 17.5 Å². The molecular formula is C19H32N4O4S. The first-order chi connectivity index (χ1) is 13.2. The van der Waals surface area contributed by atoms with E-state index < -0.39 is 15.4 Å². The molecule has 3 amide bonds. The number of amides is 3. The van der Waals surface area contributed by atoms with Gasteiger partial charge < -0.3 is 14.7 Å². The maximum atomic E-state index is 13.4. The first-order valence-electron chi connectivity index (χ1n) is 10.4. The molecule has 4 fully saturated rings. The molecule has 0 radical (unpaired) electrons. The van der Waals surface area contributed by atoms with E-state index in [4.69, 9.17) is 0 Å². The van der Waals surface area contributed by atoms with Crippen molar-refractivity contribution in [1.29, 1.82) is 0 Å². The summed E-state index contributed by atoms with van der Waals surface area (Å²) < 4.78 is 27.0. The Kier molecular flexibility index (Phi) is 4.69. The number of nitrogens with zero attached hydrogens (tertiary/aromatic N) is 4. The van der Waals surface area contributed by atoms with Crippen molar-refractivity contribution < 1.29 is 18.0 Å². The van der Waals surface area contributed by atoms with Crippen LogP contribution in [0.4, 0.5) is 4.79 Å². The average Bonchev–Trinajstić information content (AvgIpc) is 3.42. The van der Waals surface area contributed by atoms with Crippen LogP contribution in [0.1, 0.15) is 39.0 Å². The van der Waals surface area contributed by atoms with Crippen LogP contribution >= 0.6 is 0 Å². The second-order valence-electron chi connectivity index (χ2n) is 9.17. The van der Waals surface area contributed by atoms with Crippen LogP contribution in [0.2, 0.25) is 0 Å². The molecule has 3 aliphatic heterocycles. The number of hydrogen-bond donors (Lipinski definition) is 0. The van der Waals surface area contributed by atoms with Gasteiger partial charge in [0.15, 0.2) is 0 Å². The molecule has 1 saturated carbocycles. The molecule has 0 aromatic heterocycles. The van der Waals surface area contributed by atoms with Crippen molar-refractivity contribution in [2.45, 2.75) is 44.3 Å². The summed E-state index contributed by atoms with van der Waals surface area (Å²) in [6.07, 6.45) is 3.59. The number of rotatable bonds is 3. The number of carbonyl (C=O) groups excluding carboxylic acids is 2. The van der Waals surface area contributed by atoms with Crippen LogP contribution in [0.15, 0.2) is 0 Å². The van der Waals surface area contributed by atoms with Crippen LogP contribution in [0, 0.1) is 10.8 Å². The fraction of sp³-hybridized carbons (Fsp3) is 0.895. The lowest BCUT2D eigenvalue weighted by Gasteiger charge is -2.46. The highest BCUT2D eigenvalue weighted by atomic mass is 32.2. The number of likely N-dealkylation sites (tertiary alicyclic amines) is 2. The highest BCUT2D eigenvalue weighted by molar-refractivity contribution is 7.90. The monoisotopic (exact) mass is 412 g/mol. The maximum Gasteiger partial charge on any atom is 0.319 e. The van der Waals surface area contributed by atoms with Gasteiger partial charge in [0.2, 0.25) is 15.9 Å². The van der Waals surface area contributed by atoms with E-state index in [9.17, 15) is 18.0 Å². The van der Waals surface area contributed by atoms with Gasteiger partial charge >= 0.3 is 6.03 Å². The summed E-state index contributed by atoms with van der Waals surface area (Å²) >= 11 is 0. The molecule has 0 aromatic carbocycles. The largest absolute Gasteiger partial charge is 0.342 e. The second-order valence-corrected chi connectivity index (χ2v) is 11.4. The fourth-order valence-electron chi connectivity index (χ4n) is 5.64. The van der Waals surface area contributed by atoms with E-state index in [1.807, 2.05) is 16.7 Å². The Balaban J connectivity index is 1.62. The summed E-state index contributed by atoms with van der Waals surface area (Å²) in [6.45, 7) is 5.32. The van der Waals surface area contributed by atoms with E-state index in [1.165, 1.54) is 0 Å². The van der Waals surface area contributed by atoms with Gasteiger partial charge in [0.25, 0.3) is 0 Å². The maximum absolute atomic E-state index is 13.4. The second kappa shape index (κ2) is 6.58. The van der Waals surface area contributed by atoms with Crippen molar-refractivity contribution in [1.82, 2.24) is 19.0 Å². The Bertz CT molecular complexity index is 771.